The van der Waals surface area contributed by atoms with E-state index in [2.05, 4.69) is 5.32 Å². The fourth-order valence-corrected chi connectivity index (χ4v) is 6.45. The summed E-state index contributed by atoms with van der Waals surface area (Å²) in [5.41, 5.74) is 4.59. The highest BCUT2D eigenvalue weighted by atomic mass is 32.2. The first-order valence-corrected chi connectivity index (χ1v) is 13.4. The van der Waals surface area contributed by atoms with Gasteiger partial charge < -0.3 is 5.32 Å². The van der Waals surface area contributed by atoms with Gasteiger partial charge in [0.15, 0.2) is 0 Å². The Hall–Kier alpha value is -2.42. The molecule has 8 heteroatoms. The van der Waals surface area contributed by atoms with Crippen LogP contribution in [0.25, 0.3) is 10.9 Å². The summed E-state index contributed by atoms with van der Waals surface area (Å²) in [7, 11) is -3.48. The molecule has 1 aliphatic heterocycles. The molecule has 4 rings (SSSR count). The summed E-state index contributed by atoms with van der Waals surface area (Å²) in [5, 5.41) is 4.22. The summed E-state index contributed by atoms with van der Waals surface area (Å²) < 4.78 is 27.4. The van der Waals surface area contributed by atoms with Gasteiger partial charge >= 0.3 is 0 Å². The number of amides is 1. The van der Waals surface area contributed by atoms with Crippen LogP contribution in [-0.2, 0) is 14.8 Å². The number of fused-ring (bicyclic) bond motifs is 1. The highest BCUT2D eigenvalue weighted by molar-refractivity contribution is 8.00. The number of pyridine rings is 1. The highest BCUT2D eigenvalue weighted by Crippen LogP contribution is 2.30. The molecule has 0 aliphatic carbocycles. The second-order valence-electron chi connectivity index (χ2n) is 8.64. The second kappa shape index (κ2) is 9.44. The molecule has 0 spiro atoms. The minimum Gasteiger partial charge on any atom is -0.325 e. The molecule has 3 aromatic rings. The zero-order chi connectivity index (χ0) is 23.8. The van der Waals surface area contributed by atoms with Crippen LogP contribution in [0.2, 0.25) is 0 Å². The maximum Gasteiger partial charge on any atom is 0.243 e. The monoisotopic (exact) mass is 483 g/mol. The molecule has 174 valence electrons. The van der Waals surface area contributed by atoms with Gasteiger partial charge in [0.25, 0.3) is 0 Å². The van der Waals surface area contributed by atoms with Gasteiger partial charge in [-0.2, -0.15) is 4.31 Å². The fraction of sp³-hybridized carbons (Fsp3) is 0.360. The normalized spacial score (nSPS) is 15.6. The molecule has 0 radical (unpaired) electrons. The molecular weight excluding hydrogens is 454 g/mol. The van der Waals surface area contributed by atoms with Crippen molar-refractivity contribution in [1.29, 1.82) is 0 Å². The SMILES string of the molecule is Cc1ccc(C)c(NC(=O)[C@@H](C)Sc2cc(C)c3cc(S(=O)(=O)N4CCCC4)ccc3n2)c1. The second-order valence-corrected chi connectivity index (χ2v) is 11.9. The first-order valence-electron chi connectivity index (χ1n) is 11.1. The number of carbonyl (C=O) groups excluding carboxylic acids is 1. The summed E-state index contributed by atoms with van der Waals surface area (Å²) in [6.07, 6.45) is 1.81. The molecule has 0 saturated carbocycles. The number of carbonyl (C=O) groups is 1. The predicted molar refractivity (Wildman–Crippen MR) is 134 cm³/mol. The molecule has 2 heterocycles. The molecule has 0 unspecified atom stereocenters. The maximum absolute atomic E-state index is 12.9. The Bertz CT molecular complexity index is 1320. The molecule has 1 aromatic heterocycles. The smallest absolute Gasteiger partial charge is 0.243 e. The van der Waals surface area contributed by atoms with E-state index in [9.17, 15) is 13.2 Å². The van der Waals surface area contributed by atoms with E-state index < -0.39 is 10.0 Å². The number of sulfonamides is 1. The molecule has 6 nitrogen and oxygen atoms in total. The molecule has 2 aromatic carbocycles. The van der Waals surface area contributed by atoms with Crippen molar-refractivity contribution < 1.29 is 13.2 Å². The number of rotatable bonds is 6. The number of benzene rings is 2. The van der Waals surface area contributed by atoms with E-state index in [0.29, 0.717) is 18.0 Å². The standard InChI is InChI=1S/C25H29N3O3S2/c1-16-7-8-17(2)23(13-16)27-25(29)19(4)32-24-14-18(3)21-15-20(9-10-22(21)26-24)33(30,31)28-11-5-6-12-28/h7-10,13-15,19H,5-6,11-12H2,1-4H3,(H,27,29)/t19-/m1/s1. The highest BCUT2D eigenvalue weighted by Gasteiger charge is 2.27. The Kier molecular flexibility index (Phi) is 6.79. The lowest BCUT2D eigenvalue weighted by molar-refractivity contribution is -0.115. The Morgan fingerprint density at radius 1 is 1.03 bits per heavy atom. The number of hydrogen-bond donors (Lipinski definition) is 1. The van der Waals surface area contributed by atoms with Crippen molar-refractivity contribution in [2.75, 3.05) is 18.4 Å². The minimum absolute atomic E-state index is 0.0831. The number of aromatic nitrogens is 1. The third-order valence-corrected chi connectivity index (χ3v) is 8.90. The van der Waals surface area contributed by atoms with Gasteiger partial charge in [0.1, 0.15) is 0 Å². The fourth-order valence-electron chi connectivity index (χ4n) is 3.98. The third kappa shape index (κ3) is 5.08. The van der Waals surface area contributed by atoms with Crippen LogP contribution in [0.4, 0.5) is 5.69 Å². The van der Waals surface area contributed by atoms with Crippen molar-refractivity contribution in [2.45, 2.75) is 55.7 Å². The van der Waals surface area contributed by atoms with Crippen LogP contribution in [-0.4, -0.2) is 42.0 Å². The van der Waals surface area contributed by atoms with E-state index in [4.69, 9.17) is 4.98 Å². The van der Waals surface area contributed by atoms with E-state index in [1.807, 2.05) is 52.0 Å². The lowest BCUT2D eigenvalue weighted by Crippen LogP contribution is -2.27. The summed E-state index contributed by atoms with van der Waals surface area (Å²) >= 11 is 1.39. The molecule has 1 fully saturated rings. The van der Waals surface area contributed by atoms with Gasteiger partial charge in [0.2, 0.25) is 15.9 Å². The van der Waals surface area contributed by atoms with E-state index in [-0.39, 0.29) is 11.2 Å². The Morgan fingerprint density at radius 2 is 1.76 bits per heavy atom. The average Bonchev–Trinajstić information content (AvgIpc) is 3.32. The van der Waals surface area contributed by atoms with Crippen molar-refractivity contribution in [3.05, 3.63) is 59.2 Å². The maximum atomic E-state index is 12.9. The largest absolute Gasteiger partial charge is 0.325 e. The molecule has 1 atom stereocenters. The third-order valence-electron chi connectivity index (χ3n) is 5.98. The van der Waals surface area contributed by atoms with Crippen LogP contribution in [0.5, 0.6) is 0 Å². The summed E-state index contributed by atoms with van der Waals surface area (Å²) in [6.45, 7) is 8.93. The van der Waals surface area contributed by atoms with Gasteiger partial charge in [-0.25, -0.2) is 13.4 Å². The van der Waals surface area contributed by atoms with E-state index in [0.717, 1.165) is 51.1 Å². The van der Waals surface area contributed by atoms with Crippen LogP contribution in [0.15, 0.2) is 52.4 Å². The summed E-state index contributed by atoms with van der Waals surface area (Å²) in [6, 6.07) is 13.0. The van der Waals surface area contributed by atoms with Crippen LogP contribution < -0.4 is 5.32 Å². The zero-order valence-corrected chi connectivity index (χ0v) is 21.0. The first kappa shape index (κ1) is 23.7. The number of hydrogen-bond acceptors (Lipinski definition) is 5. The zero-order valence-electron chi connectivity index (χ0n) is 19.4. The summed E-state index contributed by atoms with van der Waals surface area (Å²) in [4.78, 5) is 17.8. The van der Waals surface area contributed by atoms with Crippen molar-refractivity contribution in [3.63, 3.8) is 0 Å². The van der Waals surface area contributed by atoms with E-state index >= 15 is 0 Å². The number of thioether (sulfide) groups is 1. The van der Waals surface area contributed by atoms with Crippen LogP contribution in [0, 0.1) is 20.8 Å². The topological polar surface area (TPSA) is 79.4 Å². The molecule has 1 aliphatic rings. The number of aryl methyl sites for hydroxylation is 3. The van der Waals surface area contributed by atoms with Gasteiger partial charge in [-0.05, 0) is 87.6 Å². The Balaban J connectivity index is 1.54. The molecular formula is C25H29N3O3S2. The molecule has 1 amide bonds. The van der Waals surface area contributed by atoms with Gasteiger partial charge in [-0.15, -0.1) is 0 Å². The van der Waals surface area contributed by atoms with Crippen molar-refractivity contribution >= 4 is 44.3 Å². The Labute approximate surface area is 199 Å². The van der Waals surface area contributed by atoms with Crippen molar-refractivity contribution in [2.24, 2.45) is 0 Å². The number of anilines is 1. The van der Waals surface area contributed by atoms with E-state index in [1.54, 1.807) is 22.5 Å². The van der Waals surface area contributed by atoms with E-state index in [1.165, 1.54) is 11.8 Å². The Morgan fingerprint density at radius 3 is 2.48 bits per heavy atom. The van der Waals surface area contributed by atoms with Crippen LogP contribution >= 0.6 is 11.8 Å². The summed E-state index contributed by atoms with van der Waals surface area (Å²) in [5.74, 6) is -0.0831. The average molecular weight is 484 g/mol. The lowest BCUT2D eigenvalue weighted by Gasteiger charge is -2.17. The molecule has 1 saturated heterocycles. The molecule has 33 heavy (non-hydrogen) atoms. The van der Waals surface area contributed by atoms with Gasteiger partial charge in [-0.3, -0.25) is 4.79 Å². The first-order chi connectivity index (χ1) is 15.6. The van der Waals surface area contributed by atoms with Gasteiger partial charge in [0, 0.05) is 24.2 Å². The van der Waals surface area contributed by atoms with Gasteiger partial charge in [-0.1, -0.05) is 23.9 Å². The number of nitrogens with zero attached hydrogens (tertiary/aromatic N) is 2. The number of nitrogens with one attached hydrogen (secondary N) is 1. The molecule has 0 bridgehead atoms. The van der Waals surface area contributed by atoms with Crippen LogP contribution in [0.1, 0.15) is 36.5 Å². The quantitative estimate of drug-likeness (QED) is 0.496. The van der Waals surface area contributed by atoms with Crippen molar-refractivity contribution in [1.82, 2.24) is 9.29 Å². The molecule has 1 N–H and O–H groups in total. The minimum atomic E-state index is -3.48. The van der Waals surface area contributed by atoms with Gasteiger partial charge in [0.05, 0.1) is 20.7 Å². The predicted octanol–water partition coefficient (Wildman–Crippen LogP) is 5.06. The lowest BCUT2D eigenvalue weighted by atomic mass is 10.1. The van der Waals surface area contributed by atoms with Crippen LogP contribution in [0.3, 0.4) is 0 Å². The van der Waals surface area contributed by atoms with Crippen molar-refractivity contribution in [3.8, 4) is 0 Å².